The minimum atomic E-state index is -0.393. The number of nitrogens with one attached hydrogen (secondary N) is 2. The highest BCUT2D eigenvalue weighted by molar-refractivity contribution is 6.39. The van der Waals surface area contributed by atoms with Crippen LogP contribution < -0.4 is 10.1 Å². The smallest absolute Gasteiger partial charge is 0.258 e. The number of hydrogen-bond acceptors (Lipinski definition) is 4. The highest BCUT2D eigenvalue weighted by atomic mass is 35.5. The lowest BCUT2D eigenvalue weighted by Crippen LogP contribution is -2.13. The molecule has 36 heavy (non-hydrogen) atoms. The van der Waals surface area contributed by atoms with E-state index < -0.39 is 5.91 Å². The maximum absolute atomic E-state index is 13.3. The van der Waals surface area contributed by atoms with Crippen LogP contribution in [0, 0.1) is 0 Å². The molecule has 2 heterocycles. The molecule has 0 aliphatic carbocycles. The molecule has 1 atom stereocenters. The predicted octanol–water partition coefficient (Wildman–Crippen LogP) is 6.90. The van der Waals surface area contributed by atoms with E-state index in [1.165, 1.54) is 18.0 Å². The summed E-state index contributed by atoms with van der Waals surface area (Å²) >= 11 is 12.4. The number of nitrogens with zero attached hydrogens (tertiary/aromatic N) is 2. The van der Waals surface area contributed by atoms with Gasteiger partial charge in [-0.15, -0.1) is 0 Å². The third-order valence-corrected chi connectivity index (χ3v) is 6.57. The summed E-state index contributed by atoms with van der Waals surface area (Å²) in [7, 11) is 1.59. The van der Waals surface area contributed by atoms with Gasteiger partial charge in [-0.2, -0.15) is 0 Å². The van der Waals surface area contributed by atoms with Crippen LogP contribution in [0.4, 0.5) is 5.69 Å². The second-order valence-electron chi connectivity index (χ2n) is 8.25. The number of methoxy groups -OCH3 is 1. The Bertz CT molecular complexity index is 1500. The molecule has 0 spiro atoms. The summed E-state index contributed by atoms with van der Waals surface area (Å²) in [6.07, 6.45) is 3.58. The predicted molar refractivity (Wildman–Crippen MR) is 143 cm³/mol. The summed E-state index contributed by atoms with van der Waals surface area (Å²) in [5, 5.41) is 3.29. The normalized spacial score (nSPS) is 11.9. The highest BCUT2D eigenvalue weighted by Gasteiger charge is 2.24. The average molecular weight is 517 g/mol. The molecule has 3 aromatic carbocycles. The molecule has 0 saturated carbocycles. The quantitative estimate of drug-likeness (QED) is 0.246. The number of carbonyl (C=O) groups is 1. The van der Waals surface area contributed by atoms with Crippen molar-refractivity contribution in [3.63, 3.8) is 0 Å². The van der Waals surface area contributed by atoms with E-state index in [0.717, 1.165) is 17.8 Å². The van der Waals surface area contributed by atoms with Gasteiger partial charge in [-0.3, -0.25) is 9.78 Å². The number of aromatic nitrogens is 3. The number of fused-ring (bicyclic) bond motifs is 1. The van der Waals surface area contributed by atoms with Crippen LogP contribution in [-0.4, -0.2) is 28.0 Å². The molecule has 0 aliphatic heterocycles. The van der Waals surface area contributed by atoms with Gasteiger partial charge in [0, 0.05) is 18.3 Å². The van der Waals surface area contributed by atoms with Gasteiger partial charge in [0.1, 0.15) is 22.6 Å². The Morgan fingerprint density at radius 1 is 0.972 bits per heavy atom. The number of anilines is 1. The molecule has 0 saturated heterocycles. The van der Waals surface area contributed by atoms with E-state index in [1.807, 2.05) is 36.4 Å². The Labute approximate surface area is 218 Å². The maximum atomic E-state index is 13.3. The summed E-state index contributed by atoms with van der Waals surface area (Å²) in [5.74, 6) is 0.867. The molecule has 0 fully saturated rings. The van der Waals surface area contributed by atoms with Crippen molar-refractivity contribution >= 4 is 45.8 Å². The second-order valence-corrected chi connectivity index (χ2v) is 9.06. The molecule has 5 rings (SSSR count). The molecule has 0 aliphatic rings. The average Bonchev–Trinajstić information content (AvgIpc) is 3.35. The minimum absolute atomic E-state index is 0.0642. The number of pyridine rings is 1. The Morgan fingerprint density at radius 2 is 1.64 bits per heavy atom. The molecule has 5 aromatic rings. The van der Waals surface area contributed by atoms with Crippen molar-refractivity contribution in [1.29, 1.82) is 0 Å². The lowest BCUT2D eigenvalue weighted by molar-refractivity contribution is 0.102. The number of ether oxygens (including phenoxy) is 1. The first-order valence-electron chi connectivity index (χ1n) is 11.3. The van der Waals surface area contributed by atoms with Crippen molar-refractivity contribution in [3.8, 4) is 5.75 Å². The highest BCUT2D eigenvalue weighted by Crippen LogP contribution is 2.34. The van der Waals surface area contributed by atoms with Crippen molar-refractivity contribution < 1.29 is 9.53 Å². The fourth-order valence-electron chi connectivity index (χ4n) is 4.22. The van der Waals surface area contributed by atoms with E-state index in [0.29, 0.717) is 28.0 Å². The van der Waals surface area contributed by atoms with Gasteiger partial charge in [0.2, 0.25) is 0 Å². The number of aromatic amines is 1. The standard InChI is InChI=1S/C28H22Cl2N4O2/c1-36-23-13-12-19(28(35)34-25-21(29)15-31-16-22(25)30)24-26(23)33-27(32-24)20(18-10-6-3-7-11-18)14-17-8-4-2-5-9-17/h2-13,15-16,20H,14H2,1H3,(H,32,33)(H,31,34,35)/t20-/m0/s1. The first-order chi connectivity index (χ1) is 17.5. The summed E-state index contributed by atoms with van der Waals surface area (Å²) in [4.78, 5) is 25.6. The number of benzene rings is 3. The second kappa shape index (κ2) is 10.4. The zero-order valence-corrected chi connectivity index (χ0v) is 20.8. The number of carbonyl (C=O) groups excluding carboxylic acids is 1. The molecular formula is C28H22Cl2N4O2. The van der Waals surface area contributed by atoms with Crippen LogP contribution >= 0.6 is 23.2 Å². The zero-order valence-electron chi connectivity index (χ0n) is 19.3. The van der Waals surface area contributed by atoms with Crippen molar-refractivity contribution in [2.24, 2.45) is 0 Å². The third-order valence-electron chi connectivity index (χ3n) is 6.00. The van der Waals surface area contributed by atoms with Crippen LogP contribution in [0.25, 0.3) is 11.0 Å². The largest absolute Gasteiger partial charge is 0.494 e. The maximum Gasteiger partial charge on any atom is 0.258 e. The summed E-state index contributed by atoms with van der Waals surface area (Å²) in [5.41, 5.74) is 4.09. The summed E-state index contributed by atoms with van der Waals surface area (Å²) < 4.78 is 5.58. The summed E-state index contributed by atoms with van der Waals surface area (Å²) in [6, 6.07) is 23.8. The van der Waals surface area contributed by atoms with Gasteiger partial charge in [-0.1, -0.05) is 83.9 Å². The number of hydrogen-bond donors (Lipinski definition) is 2. The third kappa shape index (κ3) is 4.78. The van der Waals surface area contributed by atoms with E-state index in [1.54, 1.807) is 19.2 Å². The van der Waals surface area contributed by atoms with E-state index in [9.17, 15) is 4.79 Å². The molecule has 180 valence electrons. The van der Waals surface area contributed by atoms with Gasteiger partial charge < -0.3 is 15.0 Å². The van der Waals surface area contributed by atoms with E-state index >= 15 is 0 Å². The van der Waals surface area contributed by atoms with Gasteiger partial charge in [-0.05, 0) is 29.7 Å². The Balaban J connectivity index is 1.60. The van der Waals surface area contributed by atoms with E-state index in [2.05, 4.69) is 39.6 Å². The molecule has 1 amide bonds. The van der Waals surface area contributed by atoms with Gasteiger partial charge in [0.25, 0.3) is 5.91 Å². The van der Waals surface area contributed by atoms with Crippen LogP contribution in [0.1, 0.15) is 33.2 Å². The molecule has 0 bridgehead atoms. The minimum Gasteiger partial charge on any atom is -0.494 e. The molecular weight excluding hydrogens is 495 g/mol. The Morgan fingerprint density at radius 3 is 2.31 bits per heavy atom. The molecule has 8 heteroatoms. The van der Waals surface area contributed by atoms with Crippen LogP contribution in [0.5, 0.6) is 5.75 Å². The lowest BCUT2D eigenvalue weighted by Gasteiger charge is -2.15. The number of H-pyrrole nitrogens is 1. The monoisotopic (exact) mass is 516 g/mol. The number of rotatable bonds is 7. The van der Waals surface area contributed by atoms with Crippen molar-refractivity contribution in [2.75, 3.05) is 12.4 Å². The van der Waals surface area contributed by atoms with E-state index in [-0.39, 0.29) is 16.0 Å². The zero-order chi connectivity index (χ0) is 25.1. The van der Waals surface area contributed by atoms with Gasteiger partial charge in [-0.25, -0.2) is 4.98 Å². The van der Waals surface area contributed by atoms with Crippen molar-refractivity contribution in [3.05, 3.63) is 118 Å². The lowest BCUT2D eigenvalue weighted by atomic mass is 9.91. The first kappa shape index (κ1) is 23.9. The number of imidazole rings is 1. The molecule has 2 aromatic heterocycles. The van der Waals surface area contributed by atoms with E-state index in [4.69, 9.17) is 32.9 Å². The molecule has 2 N–H and O–H groups in total. The Kier molecular flexibility index (Phi) is 6.89. The van der Waals surface area contributed by atoms with Gasteiger partial charge in [0.05, 0.1) is 28.4 Å². The fourth-order valence-corrected chi connectivity index (χ4v) is 4.68. The fraction of sp³-hybridized carbons (Fsp3) is 0.107. The number of amides is 1. The molecule has 0 unspecified atom stereocenters. The topological polar surface area (TPSA) is 79.9 Å². The first-order valence-corrected chi connectivity index (χ1v) is 12.1. The van der Waals surface area contributed by atoms with Crippen molar-refractivity contribution in [1.82, 2.24) is 15.0 Å². The van der Waals surface area contributed by atoms with Crippen LogP contribution in [0.3, 0.4) is 0 Å². The van der Waals surface area contributed by atoms with Crippen LogP contribution in [-0.2, 0) is 6.42 Å². The Hall–Kier alpha value is -3.87. The summed E-state index contributed by atoms with van der Waals surface area (Å²) in [6.45, 7) is 0. The molecule has 6 nitrogen and oxygen atoms in total. The van der Waals surface area contributed by atoms with Gasteiger partial charge in [0.15, 0.2) is 0 Å². The van der Waals surface area contributed by atoms with Crippen LogP contribution in [0.15, 0.2) is 85.2 Å². The molecule has 0 radical (unpaired) electrons. The van der Waals surface area contributed by atoms with Crippen LogP contribution in [0.2, 0.25) is 10.0 Å². The van der Waals surface area contributed by atoms with Crippen molar-refractivity contribution in [2.45, 2.75) is 12.3 Å². The van der Waals surface area contributed by atoms with Gasteiger partial charge >= 0.3 is 0 Å². The number of halogens is 2. The SMILES string of the molecule is COc1ccc(C(=O)Nc2c(Cl)cncc2Cl)c2nc([C@@H](Cc3ccccc3)c3ccccc3)[nH]c12.